The van der Waals surface area contributed by atoms with E-state index in [0.717, 1.165) is 19.6 Å². The summed E-state index contributed by atoms with van der Waals surface area (Å²) < 4.78 is 0. The topological polar surface area (TPSA) is 17.3 Å². The minimum absolute atomic E-state index is 0.283. The highest BCUT2D eigenvalue weighted by molar-refractivity contribution is 9.09. The highest BCUT2D eigenvalue weighted by Crippen LogP contribution is 2.24. The monoisotopic (exact) mass is 267 g/mol. The van der Waals surface area contributed by atoms with Crippen LogP contribution in [0.15, 0.2) is 18.2 Å². The van der Waals surface area contributed by atoms with Crippen LogP contribution in [0.5, 0.6) is 0 Å². The van der Waals surface area contributed by atoms with E-state index in [9.17, 15) is 0 Å². The summed E-state index contributed by atoms with van der Waals surface area (Å²) >= 11 is 3.56. The minimum Gasteiger partial charge on any atom is -0.367 e. The predicted octanol–water partition coefficient (Wildman–Crippen LogP) is 2.45. The molecule has 0 bridgehead atoms. The number of piperazine rings is 1. The molecule has 1 heterocycles. The molecule has 0 aliphatic carbocycles. The molecule has 2 nitrogen and oxygen atoms in total. The number of aryl methyl sites for hydroxylation is 1. The average molecular weight is 268 g/mol. The first-order chi connectivity index (χ1) is 7.18. The fraction of sp³-hybridized carbons (Fsp3) is 0.500. The van der Waals surface area contributed by atoms with E-state index >= 15 is 0 Å². The van der Waals surface area contributed by atoms with Crippen molar-refractivity contribution in [2.75, 3.05) is 24.5 Å². The maximum Gasteiger partial charge on any atom is 0.0971 e. The zero-order valence-electron chi connectivity index (χ0n) is 9.20. The molecule has 1 aliphatic heterocycles. The van der Waals surface area contributed by atoms with Crippen LogP contribution in [0.4, 0.5) is 5.69 Å². The van der Waals surface area contributed by atoms with Crippen LogP contribution in [0.25, 0.3) is 0 Å². The van der Waals surface area contributed by atoms with Crippen molar-refractivity contribution in [2.24, 2.45) is 0 Å². The average Bonchev–Trinajstić information content (AvgIpc) is 2.22. The molecule has 1 fully saturated rings. The van der Waals surface area contributed by atoms with Crippen LogP contribution in [0, 0.1) is 13.8 Å². The van der Waals surface area contributed by atoms with E-state index in [0.29, 0.717) is 0 Å². The number of rotatable bonds is 1. The second-order valence-corrected chi connectivity index (χ2v) is 5.06. The van der Waals surface area contributed by atoms with Gasteiger partial charge in [0, 0.05) is 25.3 Å². The van der Waals surface area contributed by atoms with Gasteiger partial charge in [0.1, 0.15) is 0 Å². The van der Waals surface area contributed by atoms with Crippen molar-refractivity contribution >= 4 is 21.6 Å². The summed E-state index contributed by atoms with van der Waals surface area (Å²) in [5.41, 5.74) is 4.11. The predicted molar refractivity (Wildman–Crippen MR) is 67.8 cm³/mol. The molecular weight excluding hydrogens is 252 g/mol. The van der Waals surface area contributed by atoms with E-state index in [1.54, 1.807) is 0 Å². The Morgan fingerprint density at radius 1 is 1.40 bits per heavy atom. The Kier molecular flexibility index (Phi) is 3.32. The third-order valence-electron chi connectivity index (χ3n) is 2.98. The van der Waals surface area contributed by atoms with E-state index in [-0.39, 0.29) is 4.95 Å². The van der Waals surface area contributed by atoms with Gasteiger partial charge in [-0.3, -0.25) is 0 Å². The van der Waals surface area contributed by atoms with Gasteiger partial charge >= 0.3 is 0 Å². The van der Waals surface area contributed by atoms with Crippen LogP contribution in [0.3, 0.4) is 0 Å². The third-order valence-corrected chi connectivity index (χ3v) is 3.56. The van der Waals surface area contributed by atoms with Crippen molar-refractivity contribution in [1.82, 2.24) is 5.32 Å². The van der Waals surface area contributed by atoms with Crippen molar-refractivity contribution in [3.8, 4) is 0 Å². The zero-order valence-corrected chi connectivity index (χ0v) is 10.8. The maximum atomic E-state index is 4.43. The molecule has 0 spiro atoms. The second kappa shape index (κ2) is 4.54. The minimum atomic E-state index is 0.283. The third kappa shape index (κ3) is 2.34. The smallest absolute Gasteiger partial charge is 0.0971 e. The highest BCUT2D eigenvalue weighted by Gasteiger charge is 2.19. The van der Waals surface area contributed by atoms with Crippen LogP contribution >= 0.6 is 15.9 Å². The molecular formula is C12H16BrN2. The first kappa shape index (κ1) is 11.0. The van der Waals surface area contributed by atoms with Crippen LogP contribution in [-0.2, 0) is 0 Å². The normalized spacial score (nSPS) is 21.8. The summed E-state index contributed by atoms with van der Waals surface area (Å²) in [6.07, 6.45) is 0. The Morgan fingerprint density at radius 3 is 2.93 bits per heavy atom. The largest absolute Gasteiger partial charge is 0.367 e. The molecule has 1 aromatic carbocycles. The van der Waals surface area contributed by atoms with Gasteiger partial charge in [-0.1, -0.05) is 28.1 Å². The van der Waals surface area contributed by atoms with Gasteiger partial charge in [-0.2, -0.15) is 0 Å². The number of benzene rings is 1. The number of alkyl halides is 1. The molecule has 1 saturated heterocycles. The quantitative estimate of drug-likeness (QED) is 0.565. The molecule has 15 heavy (non-hydrogen) atoms. The Morgan fingerprint density at radius 2 is 2.20 bits per heavy atom. The Bertz CT molecular complexity index is 351. The lowest BCUT2D eigenvalue weighted by atomic mass is 10.1. The van der Waals surface area contributed by atoms with Crippen LogP contribution < -0.4 is 10.2 Å². The molecule has 1 unspecified atom stereocenters. The van der Waals surface area contributed by atoms with Gasteiger partial charge in [-0.25, -0.2) is 5.32 Å². The number of anilines is 1. The Balaban J connectivity index is 2.24. The van der Waals surface area contributed by atoms with Gasteiger partial charge < -0.3 is 4.90 Å². The molecule has 2 rings (SSSR count). The number of halogens is 1. The molecule has 0 aromatic heterocycles. The van der Waals surface area contributed by atoms with Gasteiger partial charge in [-0.15, -0.1) is 0 Å². The van der Waals surface area contributed by atoms with Crippen molar-refractivity contribution in [3.05, 3.63) is 29.3 Å². The van der Waals surface area contributed by atoms with E-state index < -0.39 is 0 Å². The number of nitrogens with zero attached hydrogens (tertiary/aromatic N) is 2. The summed E-state index contributed by atoms with van der Waals surface area (Å²) in [5.74, 6) is 0. The fourth-order valence-corrected chi connectivity index (χ4v) is 2.50. The van der Waals surface area contributed by atoms with Crippen molar-refractivity contribution < 1.29 is 0 Å². The summed E-state index contributed by atoms with van der Waals surface area (Å²) in [5, 5.41) is 4.43. The summed E-state index contributed by atoms with van der Waals surface area (Å²) in [4.78, 5) is 2.69. The standard InChI is InChI=1S/C12H16BrN2/c1-9-4-3-5-11(10(9)2)15-7-6-14-12(13)8-15/h3-5,12H,6-8H2,1-2H3. The van der Waals surface area contributed by atoms with E-state index in [4.69, 9.17) is 0 Å². The van der Waals surface area contributed by atoms with Gasteiger partial charge in [0.2, 0.25) is 0 Å². The molecule has 1 aliphatic rings. The zero-order chi connectivity index (χ0) is 10.8. The van der Waals surface area contributed by atoms with Crippen molar-refractivity contribution in [3.63, 3.8) is 0 Å². The van der Waals surface area contributed by atoms with Crippen LogP contribution in [0.1, 0.15) is 11.1 Å². The lowest BCUT2D eigenvalue weighted by molar-refractivity contribution is 0.554. The SMILES string of the molecule is Cc1cccc(N2CC[N]C(Br)C2)c1C. The van der Waals surface area contributed by atoms with Gasteiger partial charge in [0.25, 0.3) is 0 Å². The molecule has 1 atom stereocenters. The molecule has 1 radical (unpaired) electrons. The Hall–Kier alpha value is -0.540. The first-order valence-electron chi connectivity index (χ1n) is 5.30. The van der Waals surface area contributed by atoms with E-state index in [2.05, 4.69) is 58.2 Å². The van der Waals surface area contributed by atoms with E-state index in [1.165, 1.54) is 16.8 Å². The van der Waals surface area contributed by atoms with Gasteiger partial charge in [0.15, 0.2) is 0 Å². The number of hydrogen-bond acceptors (Lipinski definition) is 1. The molecule has 3 heteroatoms. The van der Waals surface area contributed by atoms with Gasteiger partial charge in [-0.05, 0) is 31.0 Å². The first-order valence-corrected chi connectivity index (χ1v) is 6.22. The van der Waals surface area contributed by atoms with Crippen molar-refractivity contribution in [2.45, 2.75) is 18.8 Å². The number of hydrogen-bond donors (Lipinski definition) is 0. The molecule has 0 amide bonds. The molecule has 0 N–H and O–H groups in total. The van der Waals surface area contributed by atoms with Crippen molar-refractivity contribution in [1.29, 1.82) is 0 Å². The highest BCUT2D eigenvalue weighted by atomic mass is 79.9. The van der Waals surface area contributed by atoms with Crippen LogP contribution in [-0.4, -0.2) is 24.6 Å². The molecule has 0 saturated carbocycles. The molecule has 1 aromatic rings. The summed E-state index contributed by atoms with van der Waals surface area (Å²) in [6.45, 7) is 7.29. The lowest BCUT2D eigenvalue weighted by Crippen LogP contribution is -2.44. The van der Waals surface area contributed by atoms with Crippen LogP contribution in [0.2, 0.25) is 0 Å². The second-order valence-electron chi connectivity index (χ2n) is 4.01. The molecule has 81 valence electrons. The fourth-order valence-electron chi connectivity index (χ4n) is 1.95. The summed E-state index contributed by atoms with van der Waals surface area (Å²) in [6, 6.07) is 6.50. The van der Waals surface area contributed by atoms with Gasteiger partial charge in [0.05, 0.1) is 4.95 Å². The van der Waals surface area contributed by atoms with E-state index in [1.807, 2.05) is 0 Å². The summed E-state index contributed by atoms with van der Waals surface area (Å²) in [7, 11) is 0. The Labute approximate surface area is 99.8 Å². The lowest BCUT2D eigenvalue weighted by Gasteiger charge is -2.33. The maximum absolute atomic E-state index is 4.43.